The van der Waals surface area contributed by atoms with Gasteiger partial charge in [0.25, 0.3) is 0 Å². The summed E-state index contributed by atoms with van der Waals surface area (Å²) in [5.41, 5.74) is 1.75. The Morgan fingerprint density at radius 3 is 2.58 bits per heavy atom. The van der Waals surface area contributed by atoms with E-state index in [4.69, 9.17) is 0 Å². The first kappa shape index (κ1) is 14.5. The molecule has 1 rings (SSSR count). The number of amidine groups is 2. The highest BCUT2D eigenvalue weighted by molar-refractivity contribution is 6.19. The van der Waals surface area contributed by atoms with E-state index in [0.717, 1.165) is 17.6 Å². The van der Waals surface area contributed by atoms with Gasteiger partial charge in [0.2, 0.25) is 0 Å². The molecular weight excluding hydrogens is 234 g/mol. The predicted octanol–water partition coefficient (Wildman–Crippen LogP) is 3.81. The molecule has 0 aromatic heterocycles. The average molecular weight is 251 g/mol. The minimum Gasteiger partial charge on any atom is -0.237 e. The van der Waals surface area contributed by atoms with Crippen LogP contribution in [-0.4, -0.2) is 17.9 Å². The molecule has 0 amide bonds. The summed E-state index contributed by atoms with van der Waals surface area (Å²) in [4.78, 5) is 12.8. The standard InChI is InChI=1S/C16H17N3/c1-5-9-10-14-12-13(7-3)15(18-11-6-2)19-16(14)17-8-4/h5-8,10-12H,1-4,9H2/b14-10-,17-16?,18-11?. The van der Waals surface area contributed by atoms with Crippen molar-refractivity contribution in [2.24, 2.45) is 15.0 Å². The highest BCUT2D eigenvalue weighted by Crippen LogP contribution is 2.17. The Hall–Kier alpha value is -2.55. The van der Waals surface area contributed by atoms with Crippen LogP contribution in [0.3, 0.4) is 0 Å². The predicted molar refractivity (Wildman–Crippen MR) is 84.9 cm³/mol. The fourth-order valence-electron chi connectivity index (χ4n) is 1.45. The SMILES string of the molecule is C=CC=NC1=NC(=NC=C)/C(=C\CC=C)C=C1C=C. The zero-order valence-corrected chi connectivity index (χ0v) is 10.9. The molecule has 0 bridgehead atoms. The maximum atomic E-state index is 4.40. The number of dihydropyridines is 1. The van der Waals surface area contributed by atoms with Crippen LogP contribution < -0.4 is 0 Å². The zero-order chi connectivity index (χ0) is 14.1. The van der Waals surface area contributed by atoms with E-state index in [2.05, 4.69) is 41.3 Å². The van der Waals surface area contributed by atoms with Gasteiger partial charge in [-0.05, 0) is 12.5 Å². The molecular formula is C16H17N3. The molecule has 19 heavy (non-hydrogen) atoms. The molecule has 0 aromatic rings. The topological polar surface area (TPSA) is 37.1 Å². The Morgan fingerprint density at radius 2 is 2.00 bits per heavy atom. The summed E-state index contributed by atoms with van der Waals surface area (Å²) in [5.74, 6) is 1.14. The van der Waals surface area contributed by atoms with Gasteiger partial charge in [0, 0.05) is 23.6 Å². The van der Waals surface area contributed by atoms with Crippen molar-refractivity contribution in [3.8, 4) is 0 Å². The summed E-state index contributed by atoms with van der Waals surface area (Å²) in [6.45, 7) is 14.7. The van der Waals surface area contributed by atoms with Crippen LogP contribution in [0.2, 0.25) is 0 Å². The smallest absolute Gasteiger partial charge is 0.161 e. The summed E-state index contributed by atoms with van der Waals surface area (Å²) in [6, 6.07) is 0. The Balaban J connectivity index is 3.27. The Labute approximate surface area is 114 Å². The van der Waals surface area contributed by atoms with Crippen molar-refractivity contribution in [2.75, 3.05) is 0 Å². The van der Waals surface area contributed by atoms with Gasteiger partial charge in [-0.15, -0.1) is 6.58 Å². The second kappa shape index (κ2) is 7.71. The molecule has 0 aliphatic carbocycles. The lowest BCUT2D eigenvalue weighted by Gasteiger charge is -2.12. The van der Waals surface area contributed by atoms with Crippen molar-refractivity contribution in [3.63, 3.8) is 0 Å². The zero-order valence-electron chi connectivity index (χ0n) is 10.9. The minimum absolute atomic E-state index is 0.561. The average Bonchev–Trinajstić information content (AvgIpc) is 2.44. The lowest BCUT2D eigenvalue weighted by molar-refractivity contribution is 1.35. The van der Waals surface area contributed by atoms with E-state index in [1.807, 2.05) is 18.2 Å². The van der Waals surface area contributed by atoms with Crippen LogP contribution in [0.4, 0.5) is 0 Å². The van der Waals surface area contributed by atoms with E-state index in [1.54, 1.807) is 18.4 Å². The normalized spacial score (nSPS) is 19.2. The van der Waals surface area contributed by atoms with Crippen LogP contribution in [-0.2, 0) is 0 Å². The van der Waals surface area contributed by atoms with Gasteiger partial charge in [0.15, 0.2) is 11.7 Å². The quantitative estimate of drug-likeness (QED) is 0.526. The Morgan fingerprint density at radius 1 is 1.21 bits per heavy atom. The summed E-state index contributed by atoms with van der Waals surface area (Å²) in [5, 5.41) is 0. The molecule has 0 atom stereocenters. The summed E-state index contributed by atoms with van der Waals surface area (Å²) >= 11 is 0. The highest BCUT2D eigenvalue weighted by Gasteiger charge is 2.14. The van der Waals surface area contributed by atoms with Gasteiger partial charge in [-0.3, -0.25) is 0 Å². The molecule has 0 N–H and O–H groups in total. The summed E-state index contributed by atoms with van der Waals surface area (Å²) in [7, 11) is 0. The highest BCUT2D eigenvalue weighted by atomic mass is 15.0. The third-order valence-electron chi connectivity index (χ3n) is 2.28. The maximum absolute atomic E-state index is 4.40. The number of rotatable bonds is 5. The van der Waals surface area contributed by atoms with E-state index in [-0.39, 0.29) is 0 Å². The molecule has 0 spiro atoms. The van der Waals surface area contributed by atoms with Gasteiger partial charge in [-0.1, -0.05) is 44.0 Å². The maximum Gasteiger partial charge on any atom is 0.161 e. The van der Waals surface area contributed by atoms with Gasteiger partial charge in [-0.25, -0.2) is 15.0 Å². The van der Waals surface area contributed by atoms with Crippen LogP contribution in [0.1, 0.15) is 6.42 Å². The van der Waals surface area contributed by atoms with Crippen molar-refractivity contribution in [2.45, 2.75) is 6.42 Å². The van der Waals surface area contributed by atoms with E-state index in [0.29, 0.717) is 11.7 Å². The molecule has 96 valence electrons. The van der Waals surface area contributed by atoms with E-state index in [1.165, 1.54) is 6.20 Å². The molecule has 0 aromatic carbocycles. The largest absolute Gasteiger partial charge is 0.237 e. The lowest BCUT2D eigenvalue weighted by Crippen LogP contribution is -2.11. The van der Waals surface area contributed by atoms with Crippen LogP contribution >= 0.6 is 0 Å². The van der Waals surface area contributed by atoms with Crippen molar-refractivity contribution < 1.29 is 0 Å². The van der Waals surface area contributed by atoms with E-state index in [9.17, 15) is 0 Å². The van der Waals surface area contributed by atoms with Gasteiger partial charge in [0.1, 0.15) is 0 Å². The molecule has 0 saturated heterocycles. The molecule has 0 saturated carbocycles. The van der Waals surface area contributed by atoms with Crippen LogP contribution in [0.15, 0.2) is 89.0 Å². The first-order valence-electron chi connectivity index (χ1n) is 5.85. The van der Waals surface area contributed by atoms with Gasteiger partial charge >= 0.3 is 0 Å². The molecule has 1 heterocycles. The Bertz CT molecular complexity index is 540. The number of aliphatic imine (C=N–C) groups is 3. The monoisotopic (exact) mass is 251 g/mol. The van der Waals surface area contributed by atoms with Crippen molar-refractivity contribution >= 4 is 17.9 Å². The van der Waals surface area contributed by atoms with Gasteiger partial charge in [-0.2, -0.15) is 0 Å². The molecule has 1 aliphatic heterocycles. The summed E-state index contributed by atoms with van der Waals surface area (Å²) in [6.07, 6.45) is 12.9. The van der Waals surface area contributed by atoms with Crippen LogP contribution in [0, 0.1) is 0 Å². The molecule has 1 aliphatic rings. The number of hydrogen-bond acceptors (Lipinski definition) is 2. The Kier molecular flexibility index (Phi) is 5.89. The molecule has 3 nitrogen and oxygen atoms in total. The summed E-state index contributed by atoms with van der Waals surface area (Å²) < 4.78 is 0. The van der Waals surface area contributed by atoms with E-state index >= 15 is 0 Å². The first-order chi connectivity index (χ1) is 9.26. The fraction of sp³-hybridized carbons (Fsp3) is 0.0625. The van der Waals surface area contributed by atoms with Crippen molar-refractivity contribution in [3.05, 3.63) is 74.0 Å². The number of nitrogens with zero attached hydrogens (tertiary/aromatic N) is 3. The van der Waals surface area contributed by atoms with Crippen molar-refractivity contribution in [1.82, 2.24) is 0 Å². The molecule has 3 heteroatoms. The third kappa shape index (κ3) is 4.00. The van der Waals surface area contributed by atoms with Crippen molar-refractivity contribution in [1.29, 1.82) is 0 Å². The molecule has 0 radical (unpaired) electrons. The number of hydrogen-bond donors (Lipinski definition) is 0. The second-order valence-electron chi connectivity index (χ2n) is 3.57. The van der Waals surface area contributed by atoms with Crippen LogP contribution in [0.5, 0.6) is 0 Å². The number of allylic oxidation sites excluding steroid dienone is 3. The first-order valence-corrected chi connectivity index (χ1v) is 5.85. The van der Waals surface area contributed by atoms with Gasteiger partial charge in [0.05, 0.1) is 0 Å². The van der Waals surface area contributed by atoms with Crippen LogP contribution in [0.25, 0.3) is 0 Å². The lowest BCUT2D eigenvalue weighted by atomic mass is 10.0. The third-order valence-corrected chi connectivity index (χ3v) is 2.28. The molecule has 0 fully saturated rings. The molecule has 0 unspecified atom stereocenters. The fourth-order valence-corrected chi connectivity index (χ4v) is 1.45. The minimum atomic E-state index is 0.561. The second-order valence-corrected chi connectivity index (χ2v) is 3.57. The van der Waals surface area contributed by atoms with Gasteiger partial charge < -0.3 is 0 Å². The van der Waals surface area contributed by atoms with E-state index < -0.39 is 0 Å².